The number of nitrogens with zero attached hydrogens (tertiary/aromatic N) is 2. The minimum atomic E-state index is -0.335. The van der Waals surface area contributed by atoms with Crippen LogP contribution in [0.5, 0.6) is 0 Å². The molecule has 1 aliphatic heterocycles. The number of rotatable bonds is 5. The summed E-state index contributed by atoms with van der Waals surface area (Å²) in [6.07, 6.45) is 0. The van der Waals surface area contributed by atoms with Gasteiger partial charge in [-0.15, -0.1) is 0 Å². The fourth-order valence-corrected chi connectivity index (χ4v) is 7.26. The molecule has 8 aromatic rings. The number of hydrogen-bond acceptors (Lipinski definition) is 2. The van der Waals surface area contributed by atoms with Crippen molar-refractivity contribution in [1.82, 2.24) is 4.57 Å². The van der Waals surface area contributed by atoms with E-state index in [2.05, 4.69) is 72.2 Å². The van der Waals surface area contributed by atoms with Crippen molar-refractivity contribution in [2.45, 2.75) is 6.92 Å². The zero-order chi connectivity index (χ0) is 33.1. The Labute approximate surface area is 284 Å². The number of imide groups is 1. The Bertz CT molecular complexity index is 2530. The number of aromatic nitrogens is 1. The number of amides is 2. The molecule has 0 saturated carbocycles. The summed E-state index contributed by atoms with van der Waals surface area (Å²) < 4.78 is 2.17. The number of hydrogen-bond donors (Lipinski definition) is 0. The van der Waals surface area contributed by atoms with Gasteiger partial charge in [0.25, 0.3) is 11.8 Å². The maximum absolute atomic E-state index is 14.8. The van der Waals surface area contributed by atoms with E-state index in [9.17, 15) is 9.59 Å². The van der Waals surface area contributed by atoms with Crippen LogP contribution in [-0.4, -0.2) is 16.4 Å². The SMILES string of the molecule is Cc1ccc(-c2cccc3c4ccccc4n(-c4cccc5c4C(=O)N(c4cc(-c6ccccc6)cc(-c6ccccc6)c4)C5=O)c23)cc1. The van der Waals surface area contributed by atoms with Crippen molar-refractivity contribution in [2.75, 3.05) is 4.90 Å². The highest BCUT2D eigenvalue weighted by Crippen LogP contribution is 2.42. The van der Waals surface area contributed by atoms with Crippen molar-refractivity contribution in [1.29, 1.82) is 0 Å². The normalized spacial score (nSPS) is 12.6. The van der Waals surface area contributed by atoms with Gasteiger partial charge in [0.1, 0.15) is 0 Å². The fourth-order valence-electron chi connectivity index (χ4n) is 7.26. The summed E-state index contributed by atoms with van der Waals surface area (Å²) in [5.41, 5.74) is 11.2. The average molecular weight is 631 g/mol. The van der Waals surface area contributed by atoms with Gasteiger partial charge < -0.3 is 4.57 Å². The Morgan fingerprint density at radius 3 is 1.73 bits per heavy atom. The predicted molar refractivity (Wildman–Crippen MR) is 199 cm³/mol. The van der Waals surface area contributed by atoms with Crippen molar-refractivity contribution in [3.05, 3.63) is 180 Å². The second kappa shape index (κ2) is 11.3. The Morgan fingerprint density at radius 1 is 0.449 bits per heavy atom. The Balaban J connectivity index is 1.26. The van der Waals surface area contributed by atoms with Gasteiger partial charge in [0.15, 0.2) is 0 Å². The number of carbonyl (C=O) groups excluding carboxylic acids is 2. The van der Waals surface area contributed by atoms with Gasteiger partial charge in [0, 0.05) is 16.3 Å². The van der Waals surface area contributed by atoms with Gasteiger partial charge >= 0.3 is 0 Å². The molecule has 2 amide bonds. The zero-order valence-corrected chi connectivity index (χ0v) is 26.8. The molecule has 4 heteroatoms. The highest BCUT2D eigenvalue weighted by Gasteiger charge is 2.40. The molecule has 9 rings (SSSR count). The third-order valence-corrected chi connectivity index (χ3v) is 9.58. The zero-order valence-electron chi connectivity index (χ0n) is 26.8. The smallest absolute Gasteiger partial charge is 0.268 e. The second-order valence-corrected chi connectivity index (χ2v) is 12.6. The van der Waals surface area contributed by atoms with Crippen LogP contribution in [-0.2, 0) is 0 Å². The molecule has 232 valence electrons. The molecule has 0 bridgehead atoms. The highest BCUT2D eigenvalue weighted by molar-refractivity contribution is 6.36. The van der Waals surface area contributed by atoms with E-state index in [1.165, 1.54) is 10.5 Å². The minimum Gasteiger partial charge on any atom is -0.308 e. The van der Waals surface area contributed by atoms with Crippen molar-refractivity contribution in [2.24, 2.45) is 0 Å². The summed E-state index contributed by atoms with van der Waals surface area (Å²) in [4.78, 5) is 30.5. The van der Waals surface area contributed by atoms with E-state index in [4.69, 9.17) is 0 Å². The lowest BCUT2D eigenvalue weighted by Crippen LogP contribution is -2.29. The summed E-state index contributed by atoms with van der Waals surface area (Å²) in [6, 6.07) is 54.9. The number of benzene rings is 7. The molecule has 49 heavy (non-hydrogen) atoms. The lowest BCUT2D eigenvalue weighted by Gasteiger charge is -2.18. The van der Waals surface area contributed by atoms with Gasteiger partial charge in [-0.25, -0.2) is 4.90 Å². The molecule has 0 unspecified atom stereocenters. The van der Waals surface area contributed by atoms with E-state index in [1.54, 1.807) is 6.07 Å². The molecular formula is C45H30N2O2. The van der Waals surface area contributed by atoms with Crippen LogP contribution in [0.3, 0.4) is 0 Å². The van der Waals surface area contributed by atoms with E-state index >= 15 is 0 Å². The summed E-state index contributed by atoms with van der Waals surface area (Å²) in [7, 11) is 0. The first-order chi connectivity index (χ1) is 24.1. The largest absolute Gasteiger partial charge is 0.308 e. The standard InChI is InChI=1S/C45H30N2O2/c1-29-22-24-32(25-23-29)36-17-10-18-38-37-16-8-9-20-40(37)47(43(36)38)41-21-11-19-39-42(41)45(49)46(44(39)48)35-27-33(30-12-4-2-5-13-30)26-34(28-35)31-14-6-3-7-15-31/h2-28H,1H3. The van der Waals surface area contributed by atoms with Crippen LogP contribution < -0.4 is 4.90 Å². The van der Waals surface area contributed by atoms with Crippen molar-refractivity contribution in [3.63, 3.8) is 0 Å². The van der Waals surface area contributed by atoms with Crippen LogP contribution >= 0.6 is 0 Å². The predicted octanol–water partition coefficient (Wildman–Crippen LogP) is 10.9. The first-order valence-electron chi connectivity index (χ1n) is 16.4. The lowest BCUT2D eigenvalue weighted by molar-refractivity contribution is 0.0926. The van der Waals surface area contributed by atoms with E-state index in [0.29, 0.717) is 22.5 Å². The van der Waals surface area contributed by atoms with Crippen molar-refractivity contribution < 1.29 is 9.59 Å². The molecule has 1 aromatic heterocycles. The molecule has 0 saturated heterocycles. The summed E-state index contributed by atoms with van der Waals surface area (Å²) >= 11 is 0. The summed E-state index contributed by atoms with van der Waals surface area (Å²) in [5.74, 6) is -0.663. The second-order valence-electron chi connectivity index (χ2n) is 12.6. The molecule has 0 aliphatic carbocycles. The molecule has 7 aromatic carbocycles. The third kappa shape index (κ3) is 4.61. The minimum absolute atomic E-state index is 0.328. The number of aryl methyl sites for hydroxylation is 1. The molecule has 0 spiro atoms. The van der Waals surface area contributed by atoms with Gasteiger partial charge in [-0.2, -0.15) is 0 Å². The van der Waals surface area contributed by atoms with Gasteiger partial charge in [-0.3, -0.25) is 9.59 Å². The van der Waals surface area contributed by atoms with Crippen LogP contribution in [0.1, 0.15) is 26.3 Å². The Kier molecular flexibility index (Phi) is 6.63. The molecule has 4 nitrogen and oxygen atoms in total. The summed E-state index contributed by atoms with van der Waals surface area (Å²) in [6.45, 7) is 2.08. The average Bonchev–Trinajstić information content (AvgIpc) is 3.63. The highest BCUT2D eigenvalue weighted by atomic mass is 16.2. The van der Waals surface area contributed by atoms with E-state index < -0.39 is 0 Å². The number of anilines is 1. The molecular weight excluding hydrogens is 601 g/mol. The first-order valence-corrected chi connectivity index (χ1v) is 16.4. The van der Waals surface area contributed by atoms with E-state index in [0.717, 1.165) is 55.2 Å². The molecule has 1 aliphatic rings. The first kappa shape index (κ1) is 28.7. The van der Waals surface area contributed by atoms with Crippen molar-refractivity contribution in [3.8, 4) is 39.1 Å². The molecule has 0 fully saturated rings. The van der Waals surface area contributed by atoms with Gasteiger partial charge in [-0.1, -0.05) is 133 Å². The molecule has 0 N–H and O–H groups in total. The summed E-state index contributed by atoms with van der Waals surface area (Å²) in [5, 5.41) is 2.17. The van der Waals surface area contributed by atoms with Gasteiger partial charge in [-0.05, 0) is 71.1 Å². The van der Waals surface area contributed by atoms with E-state index in [-0.39, 0.29) is 11.8 Å². The molecule has 0 radical (unpaired) electrons. The maximum atomic E-state index is 14.8. The number of fused-ring (bicyclic) bond motifs is 4. The number of carbonyl (C=O) groups is 2. The fraction of sp³-hybridized carbons (Fsp3) is 0.0222. The van der Waals surface area contributed by atoms with Gasteiger partial charge in [0.2, 0.25) is 0 Å². The van der Waals surface area contributed by atoms with Crippen LogP contribution in [0, 0.1) is 6.92 Å². The topological polar surface area (TPSA) is 42.3 Å². The van der Waals surface area contributed by atoms with Crippen LogP contribution in [0.4, 0.5) is 5.69 Å². The Morgan fingerprint density at radius 2 is 1.04 bits per heavy atom. The van der Waals surface area contributed by atoms with Crippen LogP contribution in [0.2, 0.25) is 0 Å². The Hall–Kier alpha value is -6.52. The van der Waals surface area contributed by atoms with Crippen LogP contribution in [0.15, 0.2) is 164 Å². The monoisotopic (exact) mass is 630 g/mol. The maximum Gasteiger partial charge on any atom is 0.268 e. The van der Waals surface area contributed by atoms with Crippen LogP contribution in [0.25, 0.3) is 60.9 Å². The quantitative estimate of drug-likeness (QED) is 0.178. The molecule has 0 atom stereocenters. The number of para-hydroxylation sites is 2. The van der Waals surface area contributed by atoms with Crippen molar-refractivity contribution >= 4 is 39.3 Å². The van der Waals surface area contributed by atoms with Gasteiger partial charge in [0.05, 0.1) is 33.5 Å². The third-order valence-electron chi connectivity index (χ3n) is 9.58. The molecule has 2 heterocycles. The lowest BCUT2D eigenvalue weighted by atomic mass is 9.97. The van der Waals surface area contributed by atoms with E-state index in [1.807, 2.05) is 97.1 Å².